The van der Waals surface area contributed by atoms with Gasteiger partial charge in [0.25, 0.3) is 0 Å². The third kappa shape index (κ3) is 4.88. The summed E-state index contributed by atoms with van der Waals surface area (Å²) in [5.41, 5.74) is 3.12. The molecule has 2 heterocycles. The smallest absolute Gasteiger partial charge is 0.199 e. The number of rotatable bonds is 5. The van der Waals surface area contributed by atoms with Crippen LogP contribution in [-0.2, 0) is 15.9 Å². The summed E-state index contributed by atoms with van der Waals surface area (Å²) in [6.07, 6.45) is 7.43. The van der Waals surface area contributed by atoms with Gasteiger partial charge in [0.2, 0.25) is 0 Å². The molecular weight excluding hydrogens is 343 g/mol. The van der Waals surface area contributed by atoms with E-state index in [9.17, 15) is 4.39 Å². The number of hydrogen-bond acceptors (Lipinski definition) is 3. The fraction of sp³-hybridized carbons (Fsp3) is 0.478. The molecule has 0 aliphatic carbocycles. The molecule has 0 N–H and O–H groups in total. The summed E-state index contributed by atoms with van der Waals surface area (Å²) in [7, 11) is 0. The molecule has 0 radical (unpaired) electrons. The summed E-state index contributed by atoms with van der Waals surface area (Å²) in [6.45, 7) is 1.56. The molecule has 2 fully saturated rings. The maximum absolute atomic E-state index is 14.5. The normalized spacial score (nSPS) is 23.1. The zero-order valence-electron chi connectivity index (χ0n) is 15.7. The SMILES string of the molecule is Fc1cc(-c2ccc(CC3CCCCO3)cc2)ccc1OC1CCCCO1. The minimum atomic E-state index is -0.346. The second kappa shape index (κ2) is 8.85. The van der Waals surface area contributed by atoms with E-state index in [1.807, 2.05) is 6.07 Å². The van der Waals surface area contributed by atoms with Crippen LogP contribution < -0.4 is 4.74 Å². The highest BCUT2D eigenvalue weighted by Crippen LogP contribution is 2.28. The molecule has 2 aliphatic heterocycles. The van der Waals surface area contributed by atoms with Gasteiger partial charge in [0, 0.05) is 13.0 Å². The molecular formula is C23H27FO3. The Morgan fingerprint density at radius 1 is 0.852 bits per heavy atom. The van der Waals surface area contributed by atoms with Crippen molar-refractivity contribution in [2.75, 3.05) is 13.2 Å². The lowest BCUT2D eigenvalue weighted by atomic mass is 9.98. The Balaban J connectivity index is 1.41. The van der Waals surface area contributed by atoms with Crippen molar-refractivity contribution in [2.45, 2.75) is 57.3 Å². The lowest BCUT2D eigenvalue weighted by Crippen LogP contribution is -2.25. The summed E-state index contributed by atoms with van der Waals surface area (Å²) >= 11 is 0. The van der Waals surface area contributed by atoms with Gasteiger partial charge in [-0.3, -0.25) is 0 Å². The summed E-state index contributed by atoms with van der Waals surface area (Å²) in [6, 6.07) is 13.5. The summed E-state index contributed by atoms with van der Waals surface area (Å²) < 4.78 is 31.5. The van der Waals surface area contributed by atoms with Gasteiger partial charge < -0.3 is 14.2 Å². The third-order valence-electron chi connectivity index (χ3n) is 5.35. The van der Waals surface area contributed by atoms with Gasteiger partial charge >= 0.3 is 0 Å². The van der Waals surface area contributed by atoms with Crippen LogP contribution in [0.15, 0.2) is 42.5 Å². The van der Waals surface area contributed by atoms with Crippen molar-refractivity contribution >= 4 is 0 Å². The molecule has 27 heavy (non-hydrogen) atoms. The molecule has 144 valence electrons. The number of halogens is 1. The van der Waals surface area contributed by atoms with E-state index in [4.69, 9.17) is 14.2 Å². The number of benzene rings is 2. The zero-order chi connectivity index (χ0) is 18.5. The van der Waals surface area contributed by atoms with Crippen molar-refractivity contribution in [1.29, 1.82) is 0 Å². The molecule has 2 aromatic rings. The van der Waals surface area contributed by atoms with Gasteiger partial charge in [-0.15, -0.1) is 0 Å². The predicted octanol–water partition coefficient (Wildman–Crippen LogP) is 5.51. The molecule has 0 amide bonds. The van der Waals surface area contributed by atoms with Gasteiger partial charge in [-0.2, -0.15) is 0 Å². The zero-order valence-corrected chi connectivity index (χ0v) is 15.7. The Hall–Kier alpha value is -1.91. The number of hydrogen-bond donors (Lipinski definition) is 0. The van der Waals surface area contributed by atoms with Crippen LogP contribution in [0.25, 0.3) is 11.1 Å². The first-order chi connectivity index (χ1) is 13.3. The van der Waals surface area contributed by atoms with Crippen molar-refractivity contribution in [2.24, 2.45) is 0 Å². The Bertz CT molecular complexity index is 732. The van der Waals surface area contributed by atoms with Crippen LogP contribution in [-0.4, -0.2) is 25.6 Å². The summed E-state index contributed by atoms with van der Waals surface area (Å²) in [5.74, 6) is -0.0851. The molecule has 2 atom stereocenters. The average Bonchev–Trinajstić information content (AvgIpc) is 2.72. The average molecular weight is 370 g/mol. The van der Waals surface area contributed by atoms with E-state index in [1.165, 1.54) is 24.5 Å². The van der Waals surface area contributed by atoms with Gasteiger partial charge in [0.1, 0.15) is 0 Å². The van der Waals surface area contributed by atoms with Crippen LogP contribution in [0, 0.1) is 5.82 Å². The molecule has 2 aromatic carbocycles. The summed E-state index contributed by atoms with van der Waals surface area (Å²) in [4.78, 5) is 0. The minimum Gasteiger partial charge on any atom is -0.462 e. The lowest BCUT2D eigenvalue weighted by molar-refractivity contribution is -0.107. The second-order valence-electron chi connectivity index (χ2n) is 7.45. The molecule has 0 aromatic heterocycles. The first-order valence-corrected chi connectivity index (χ1v) is 10.1. The Kier molecular flexibility index (Phi) is 6.05. The maximum atomic E-state index is 14.5. The summed E-state index contributed by atoms with van der Waals surface area (Å²) in [5, 5.41) is 0. The van der Waals surface area contributed by atoms with Gasteiger partial charge in [-0.25, -0.2) is 4.39 Å². The molecule has 0 spiro atoms. The predicted molar refractivity (Wildman–Crippen MR) is 103 cm³/mol. The second-order valence-corrected chi connectivity index (χ2v) is 7.45. The van der Waals surface area contributed by atoms with E-state index < -0.39 is 0 Å². The molecule has 2 aliphatic rings. The minimum absolute atomic E-state index is 0.261. The first kappa shape index (κ1) is 18.5. The van der Waals surface area contributed by atoms with E-state index in [0.29, 0.717) is 12.7 Å². The lowest BCUT2D eigenvalue weighted by Gasteiger charge is -2.23. The molecule has 0 saturated carbocycles. The van der Waals surface area contributed by atoms with Crippen molar-refractivity contribution in [3.63, 3.8) is 0 Å². The highest BCUT2D eigenvalue weighted by molar-refractivity contribution is 5.64. The topological polar surface area (TPSA) is 27.7 Å². The number of ether oxygens (including phenoxy) is 3. The molecule has 4 rings (SSSR count). The quantitative estimate of drug-likeness (QED) is 0.695. The van der Waals surface area contributed by atoms with E-state index in [1.54, 1.807) is 6.07 Å². The Morgan fingerprint density at radius 2 is 1.59 bits per heavy atom. The molecule has 3 nitrogen and oxygen atoms in total. The Labute approximate surface area is 160 Å². The van der Waals surface area contributed by atoms with Gasteiger partial charge in [0.05, 0.1) is 12.7 Å². The van der Waals surface area contributed by atoms with E-state index in [0.717, 1.165) is 49.8 Å². The van der Waals surface area contributed by atoms with Gasteiger partial charge in [-0.05, 0) is 67.3 Å². The third-order valence-corrected chi connectivity index (χ3v) is 5.35. The standard InChI is InChI=1S/C23H27FO3/c24-21-16-19(11-12-22(21)27-23-6-2-4-14-26-23)18-9-7-17(8-10-18)15-20-5-1-3-13-25-20/h7-12,16,20,23H,1-6,13-15H2. The first-order valence-electron chi connectivity index (χ1n) is 10.1. The van der Waals surface area contributed by atoms with Crippen molar-refractivity contribution < 1.29 is 18.6 Å². The Morgan fingerprint density at radius 3 is 2.26 bits per heavy atom. The molecule has 0 bridgehead atoms. The molecule has 2 unspecified atom stereocenters. The van der Waals surface area contributed by atoms with Crippen LogP contribution in [0.2, 0.25) is 0 Å². The van der Waals surface area contributed by atoms with Crippen LogP contribution in [0.4, 0.5) is 4.39 Å². The highest BCUT2D eigenvalue weighted by atomic mass is 19.1. The van der Waals surface area contributed by atoms with Crippen LogP contribution in [0.3, 0.4) is 0 Å². The maximum Gasteiger partial charge on any atom is 0.199 e. The van der Waals surface area contributed by atoms with Crippen LogP contribution in [0.5, 0.6) is 5.75 Å². The van der Waals surface area contributed by atoms with Crippen LogP contribution >= 0.6 is 0 Å². The largest absolute Gasteiger partial charge is 0.462 e. The molecule has 4 heteroatoms. The fourth-order valence-electron chi connectivity index (χ4n) is 3.79. The fourth-order valence-corrected chi connectivity index (χ4v) is 3.79. The van der Waals surface area contributed by atoms with Gasteiger partial charge in [-0.1, -0.05) is 30.3 Å². The van der Waals surface area contributed by atoms with Gasteiger partial charge in [0.15, 0.2) is 17.9 Å². The highest BCUT2D eigenvalue weighted by Gasteiger charge is 2.18. The van der Waals surface area contributed by atoms with E-state index in [-0.39, 0.29) is 17.9 Å². The van der Waals surface area contributed by atoms with Crippen molar-refractivity contribution in [3.05, 3.63) is 53.8 Å². The van der Waals surface area contributed by atoms with Crippen molar-refractivity contribution in [3.8, 4) is 16.9 Å². The van der Waals surface area contributed by atoms with Crippen LogP contribution in [0.1, 0.15) is 44.1 Å². The van der Waals surface area contributed by atoms with E-state index in [2.05, 4.69) is 24.3 Å². The monoisotopic (exact) mass is 370 g/mol. The van der Waals surface area contributed by atoms with E-state index >= 15 is 0 Å². The molecule has 2 saturated heterocycles. The van der Waals surface area contributed by atoms with Crippen molar-refractivity contribution in [1.82, 2.24) is 0 Å².